The number of hydrogen-bond acceptors (Lipinski definition) is 5. The van der Waals surface area contributed by atoms with Crippen molar-refractivity contribution in [1.82, 2.24) is 5.32 Å². The molecule has 1 aliphatic heterocycles. The molecule has 1 N–H and O–H groups in total. The van der Waals surface area contributed by atoms with Crippen LogP contribution in [0.4, 0.5) is 0 Å². The summed E-state index contributed by atoms with van der Waals surface area (Å²) < 4.78 is 5.40. The first-order valence-corrected chi connectivity index (χ1v) is 9.94. The minimum Gasteiger partial charge on any atom is -0.381 e. The number of hydrogen-bond donors (Lipinski definition) is 1. The Kier molecular flexibility index (Phi) is 7.50. The number of carbonyl (C=O) groups is 1. The van der Waals surface area contributed by atoms with E-state index >= 15 is 0 Å². The maximum absolute atomic E-state index is 12.3. The van der Waals surface area contributed by atoms with E-state index in [0.29, 0.717) is 24.4 Å². The fraction of sp³-hybridized carbons (Fsp3) is 0.429. The van der Waals surface area contributed by atoms with Crippen molar-refractivity contribution in [2.45, 2.75) is 40.0 Å². The first-order valence-electron chi connectivity index (χ1n) is 8.95. The zero-order valence-electron chi connectivity index (χ0n) is 15.9. The van der Waals surface area contributed by atoms with Crippen LogP contribution in [0.2, 0.25) is 0 Å². The van der Waals surface area contributed by atoms with E-state index < -0.39 is 0 Å². The number of rotatable bonds is 8. The van der Waals surface area contributed by atoms with Crippen LogP contribution in [0.3, 0.4) is 0 Å². The molecule has 0 aromatic heterocycles. The molecule has 0 amide bonds. The molecule has 0 saturated heterocycles. The second-order valence-corrected chi connectivity index (χ2v) is 7.25. The van der Waals surface area contributed by atoms with Crippen LogP contribution >= 0.6 is 11.8 Å². The Hall–Kier alpha value is -2.03. The lowest BCUT2D eigenvalue weighted by Crippen LogP contribution is -2.27. The third-order valence-electron chi connectivity index (χ3n) is 4.43. The quantitative estimate of drug-likeness (QED) is 0.691. The Morgan fingerprint density at radius 2 is 2.00 bits per heavy atom. The van der Waals surface area contributed by atoms with Gasteiger partial charge in [-0.1, -0.05) is 31.2 Å². The van der Waals surface area contributed by atoms with Crippen LogP contribution in [-0.4, -0.2) is 24.7 Å². The Labute approximate surface area is 160 Å². The molecule has 0 saturated carbocycles. The molecule has 1 aromatic carbocycles. The van der Waals surface area contributed by atoms with Crippen molar-refractivity contribution >= 4 is 17.5 Å². The van der Waals surface area contributed by atoms with E-state index in [1.807, 2.05) is 26.0 Å². The maximum Gasteiger partial charge on any atom is 0.158 e. The van der Waals surface area contributed by atoms with Gasteiger partial charge in [-0.3, -0.25) is 4.79 Å². The van der Waals surface area contributed by atoms with Gasteiger partial charge in [-0.25, -0.2) is 0 Å². The Morgan fingerprint density at radius 1 is 1.31 bits per heavy atom. The molecule has 138 valence electrons. The predicted molar refractivity (Wildman–Crippen MR) is 107 cm³/mol. The summed E-state index contributed by atoms with van der Waals surface area (Å²) in [7, 11) is 0. The number of carbonyl (C=O) groups excluding carboxylic acids is 1. The number of nitrogens with zero attached hydrogens (tertiary/aromatic N) is 1. The Morgan fingerprint density at radius 3 is 2.54 bits per heavy atom. The van der Waals surface area contributed by atoms with Gasteiger partial charge in [0.1, 0.15) is 0 Å². The van der Waals surface area contributed by atoms with Gasteiger partial charge in [0, 0.05) is 23.6 Å². The lowest BCUT2D eigenvalue weighted by atomic mass is 9.81. The summed E-state index contributed by atoms with van der Waals surface area (Å²) in [5.41, 5.74) is 4.31. The van der Waals surface area contributed by atoms with Crippen molar-refractivity contribution in [2.75, 3.05) is 19.0 Å². The number of thioether (sulfide) groups is 1. The van der Waals surface area contributed by atoms with E-state index in [9.17, 15) is 10.1 Å². The normalized spacial score (nSPS) is 17.1. The number of aryl methyl sites for hydroxylation is 1. The molecule has 1 aliphatic rings. The molecule has 1 heterocycles. The largest absolute Gasteiger partial charge is 0.381 e. The minimum absolute atomic E-state index is 0.00863. The smallest absolute Gasteiger partial charge is 0.158 e. The standard InChI is InChI=1S/C21H26N2O2S/c1-5-16-7-9-17(10-8-16)20-18(13-22)21(26-12-11-25-6-2)23-14(3)19(20)15(4)24/h7-10,20,23H,5-6,11-12H2,1-4H3/t20-/m1/s1. The number of benzene rings is 1. The number of nitriles is 1. The van der Waals surface area contributed by atoms with Crippen molar-refractivity contribution in [3.05, 3.63) is 57.3 Å². The molecule has 0 fully saturated rings. The highest BCUT2D eigenvalue weighted by molar-refractivity contribution is 8.03. The zero-order valence-corrected chi connectivity index (χ0v) is 16.7. The summed E-state index contributed by atoms with van der Waals surface area (Å²) in [6.07, 6.45) is 0.959. The minimum atomic E-state index is -0.320. The summed E-state index contributed by atoms with van der Waals surface area (Å²) in [6, 6.07) is 10.6. The van der Waals surface area contributed by atoms with E-state index in [2.05, 4.69) is 30.4 Å². The summed E-state index contributed by atoms with van der Waals surface area (Å²) in [4.78, 5) is 12.3. The highest BCUT2D eigenvalue weighted by Crippen LogP contribution is 2.40. The van der Waals surface area contributed by atoms with Crippen molar-refractivity contribution in [3.63, 3.8) is 0 Å². The van der Waals surface area contributed by atoms with Crippen LogP contribution in [0.1, 0.15) is 44.7 Å². The summed E-state index contributed by atoms with van der Waals surface area (Å²) in [5, 5.41) is 13.9. The zero-order chi connectivity index (χ0) is 19.1. The lowest BCUT2D eigenvalue weighted by Gasteiger charge is -2.29. The van der Waals surface area contributed by atoms with Gasteiger partial charge in [0.2, 0.25) is 0 Å². The van der Waals surface area contributed by atoms with Crippen LogP contribution < -0.4 is 5.32 Å². The van der Waals surface area contributed by atoms with E-state index in [1.54, 1.807) is 18.7 Å². The van der Waals surface area contributed by atoms with Gasteiger partial charge in [-0.15, -0.1) is 11.8 Å². The maximum atomic E-state index is 12.3. The summed E-state index contributed by atoms with van der Waals surface area (Å²) in [6.45, 7) is 8.85. The third-order valence-corrected chi connectivity index (χ3v) is 5.41. The van der Waals surface area contributed by atoms with Crippen LogP contribution in [0.25, 0.3) is 0 Å². The average Bonchev–Trinajstić information content (AvgIpc) is 2.64. The van der Waals surface area contributed by atoms with Crippen LogP contribution in [0.15, 0.2) is 46.1 Å². The van der Waals surface area contributed by atoms with Gasteiger partial charge >= 0.3 is 0 Å². The van der Waals surface area contributed by atoms with Crippen molar-refractivity contribution in [3.8, 4) is 6.07 Å². The third kappa shape index (κ3) is 4.57. The number of dihydropyridines is 1. The highest BCUT2D eigenvalue weighted by atomic mass is 32.2. The monoisotopic (exact) mass is 370 g/mol. The molecule has 4 nitrogen and oxygen atoms in total. The lowest BCUT2D eigenvalue weighted by molar-refractivity contribution is -0.113. The molecule has 26 heavy (non-hydrogen) atoms. The second-order valence-electron chi connectivity index (χ2n) is 6.15. The number of ketones is 1. The fourth-order valence-corrected chi connectivity index (χ4v) is 4.07. The van der Waals surface area contributed by atoms with E-state index in [-0.39, 0.29) is 11.7 Å². The van der Waals surface area contributed by atoms with Crippen molar-refractivity contribution in [2.24, 2.45) is 0 Å². The number of nitrogens with one attached hydrogen (secondary N) is 1. The Balaban J connectivity index is 2.44. The molecule has 1 aromatic rings. The van der Waals surface area contributed by atoms with Gasteiger partial charge in [-0.2, -0.15) is 5.26 Å². The van der Waals surface area contributed by atoms with Gasteiger partial charge in [-0.05, 0) is 38.3 Å². The molecule has 5 heteroatoms. The molecule has 0 radical (unpaired) electrons. The van der Waals surface area contributed by atoms with Crippen LogP contribution in [-0.2, 0) is 16.0 Å². The molecule has 0 aliphatic carbocycles. The van der Waals surface area contributed by atoms with Crippen molar-refractivity contribution < 1.29 is 9.53 Å². The number of ether oxygens (including phenoxy) is 1. The Bertz CT molecular complexity index is 757. The van der Waals surface area contributed by atoms with Crippen LogP contribution in [0.5, 0.6) is 0 Å². The second kappa shape index (κ2) is 9.61. The number of allylic oxidation sites excluding steroid dienone is 3. The predicted octanol–water partition coefficient (Wildman–Crippen LogP) is 4.30. The van der Waals surface area contributed by atoms with Gasteiger partial charge < -0.3 is 10.1 Å². The first kappa shape index (κ1) is 20.3. The average molecular weight is 371 g/mol. The highest BCUT2D eigenvalue weighted by Gasteiger charge is 2.32. The first-order chi connectivity index (χ1) is 12.5. The van der Waals surface area contributed by atoms with Crippen LogP contribution in [0, 0.1) is 11.3 Å². The van der Waals surface area contributed by atoms with E-state index in [0.717, 1.165) is 28.5 Å². The molecule has 0 bridgehead atoms. The fourth-order valence-electron chi connectivity index (χ4n) is 3.12. The van der Waals surface area contributed by atoms with Gasteiger partial charge in [0.15, 0.2) is 5.78 Å². The van der Waals surface area contributed by atoms with Crippen molar-refractivity contribution in [1.29, 1.82) is 5.26 Å². The molecular formula is C21H26N2O2S. The topological polar surface area (TPSA) is 62.1 Å². The molecule has 0 unspecified atom stereocenters. The number of Topliss-reactive ketones (excluding diaryl/α,β-unsaturated/α-hetero) is 1. The van der Waals surface area contributed by atoms with Gasteiger partial charge in [0.25, 0.3) is 0 Å². The summed E-state index contributed by atoms with van der Waals surface area (Å²) >= 11 is 1.57. The molecule has 0 spiro atoms. The molecule has 1 atom stereocenters. The molecule has 2 rings (SSSR count). The van der Waals surface area contributed by atoms with E-state index in [4.69, 9.17) is 4.74 Å². The molecular weight excluding hydrogens is 344 g/mol. The summed E-state index contributed by atoms with van der Waals surface area (Å²) in [5.74, 6) is 0.427. The van der Waals surface area contributed by atoms with Gasteiger partial charge in [0.05, 0.1) is 29.2 Å². The SMILES string of the molecule is CCOCCSC1=C(C#N)[C@@H](c2ccc(CC)cc2)C(C(C)=O)=C(C)N1. The van der Waals surface area contributed by atoms with E-state index in [1.165, 1.54) is 5.56 Å².